The van der Waals surface area contributed by atoms with Crippen LogP contribution in [0.2, 0.25) is 0 Å². The van der Waals surface area contributed by atoms with Crippen LogP contribution in [0.4, 0.5) is 11.4 Å². The van der Waals surface area contributed by atoms with E-state index in [1.807, 2.05) is 66.8 Å². The smallest absolute Gasteiger partial charge is 0.136 e. The van der Waals surface area contributed by atoms with Crippen LogP contribution in [0.15, 0.2) is 58.8 Å². The summed E-state index contributed by atoms with van der Waals surface area (Å²) in [5, 5.41) is 18.2. The predicted octanol–water partition coefficient (Wildman–Crippen LogP) is 5.32. The molecule has 4 rings (SSSR count). The van der Waals surface area contributed by atoms with Crippen molar-refractivity contribution in [1.29, 1.82) is 5.26 Å². The zero-order chi connectivity index (χ0) is 16.7. The third kappa shape index (κ3) is 2.09. The summed E-state index contributed by atoms with van der Waals surface area (Å²) in [4.78, 5) is 3.30. The van der Waals surface area contributed by atoms with E-state index < -0.39 is 0 Å². The number of rotatable bonds is 2. The minimum atomic E-state index is 0.513. The number of aryl methyl sites for hydroxylation is 2. The summed E-state index contributed by atoms with van der Waals surface area (Å²) in [5.74, 6) is 0. The maximum absolute atomic E-state index is 9.60. The number of aromatic nitrogens is 2. The summed E-state index contributed by atoms with van der Waals surface area (Å²) in [6.07, 6.45) is 0. The number of benzene rings is 2. The lowest BCUT2D eigenvalue weighted by Crippen LogP contribution is -1.82. The van der Waals surface area contributed by atoms with Crippen LogP contribution in [0.1, 0.15) is 16.8 Å². The van der Waals surface area contributed by atoms with E-state index in [2.05, 4.69) is 21.3 Å². The molecule has 0 amide bonds. The van der Waals surface area contributed by atoms with Crippen LogP contribution in [0.5, 0.6) is 0 Å². The molecule has 0 saturated carbocycles. The summed E-state index contributed by atoms with van der Waals surface area (Å²) in [6, 6.07) is 18.0. The van der Waals surface area contributed by atoms with E-state index in [4.69, 9.17) is 0 Å². The highest BCUT2D eigenvalue weighted by Gasteiger charge is 2.19. The van der Waals surface area contributed by atoms with Crippen LogP contribution in [0, 0.1) is 25.2 Å². The number of hydrogen-bond acceptors (Lipinski definition) is 3. The van der Waals surface area contributed by atoms with Gasteiger partial charge in [-0.3, -0.25) is 4.40 Å². The molecule has 5 heteroatoms. The van der Waals surface area contributed by atoms with Crippen molar-refractivity contribution in [3.63, 3.8) is 0 Å². The van der Waals surface area contributed by atoms with Crippen LogP contribution in [-0.4, -0.2) is 9.38 Å². The Morgan fingerprint density at radius 3 is 2.50 bits per heavy atom. The standard InChI is InChI=1S/C19H15N5/c1-12-7-9-14(10-8-12)22-23-18-13(2)24-17-6-4-3-5-16(17)21-19(24)15(18)11-20/h3-10,21H,1-2H3. The Bertz CT molecular complexity index is 1120. The normalized spacial score (nSPS) is 11.5. The van der Waals surface area contributed by atoms with Gasteiger partial charge in [0.05, 0.1) is 22.4 Å². The monoisotopic (exact) mass is 313 g/mol. The molecule has 0 fully saturated rings. The molecular formula is C19H15N5. The summed E-state index contributed by atoms with van der Waals surface area (Å²) >= 11 is 0. The van der Waals surface area contributed by atoms with E-state index in [0.29, 0.717) is 11.3 Å². The highest BCUT2D eigenvalue weighted by molar-refractivity contribution is 5.87. The van der Waals surface area contributed by atoms with Crippen molar-refractivity contribution >= 4 is 28.1 Å². The van der Waals surface area contributed by atoms with E-state index >= 15 is 0 Å². The molecular weight excluding hydrogens is 298 g/mol. The van der Waals surface area contributed by atoms with Gasteiger partial charge in [0.2, 0.25) is 0 Å². The number of para-hydroxylation sites is 2. The van der Waals surface area contributed by atoms with Crippen molar-refractivity contribution in [1.82, 2.24) is 9.38 Å². The molecule has 0 radical (unpaired) electrons. The van der Waals surface area contributed by atoms with Gasteiger partial charge in [-0.25, -0.2) is 0 Å². The Morgan fingerprint density at radius 1 is 1.00 bits per heavy atom. The molecule has 0 spiro atoms. The fourth-order valence-corrected chi connectivity index (χ4v) is 2.95. The fraction of sp³-hybridized carbons (Fsp3) is 0.105. The molecule has 1 N–H and O–H groups in total. The minimum absolute atomic E-state index is 0.513. The molecule has 0 unspecified atom stereocenters. The largest absolute Gasteiger partial charge is 0.338 e. The van der Waals surface area contributed by atoms with Crippen molar-refractivity contribution in [2.75, 3.05) is 0 Å². The maximum Gasteiger partial charge on any atom is 0.136 e. The highest BCUT2D eigenvalue weighted by atomic mass is 15.1. The van der Waals surface area contributed by atoms with Gasteiger partial charge in [0.15, 0.2) is 0 Å². The molecule has 2 heterocycles. The molecule has 5 nitrogen and oxygen atoms in total. The number of nitriles is 1. The number of imidazole rings is 1. The molecule has 2 aromatic carbocycles. The van der Waals surface area contributed by atoms with E-state index in [1.54, 1.807) is 0 Å². The SMILES string of the molecule is Cc1ccc(N=Nc2c(C#N)c3[nH]c4ccccc4n3c2C)cc1. The van der Waals surface area contributed by atoms with Gasteiger partial charge in [0.25, 0.3) is 0 Å². The molecule has 2 aromatic heterocycles. The first-order valence-corrected chi connectivity index (χ1v) is 7.69. The van der Waals surface area contributed by atoms with Gasteiger partial charge in [-0.05, 0) is 38.1 Å². The Morgan fingerprint density at radius 2 is 1.75 bits per heavy atom. The van der Waals surface area contributed by atoms with Gasteiger partial charge in [0, 0.05) is 0 Å². The lowest BCUT2D eigenvalue weighted by atomic mass is 10.2. The zero-order valence-electron chi connectivity index (χ0n) is 13.4. The molecule has 0 saturated heterocycles. The topological polar surface area (TPSA) is 68.7 Å². The first-order chi connectivity index (χ1) is 11.7. The predicted molar refractivity (Wildman–Crippen MR) is 94.1 cm³/mol. The second kappa shape index (κ2) is 5.36. The van der Waals surface area contributed by atoms with Crippen LogP contribution in [0.3, 0.4) is 0 Å². The molecule has 4 aromatic rings. The Balaban J connectivity index is 1.90. The molecule has 0 bridgehead atoms. The van der Waals surface area contributed by atoms with Gasteiger partial charge in [-0.2, -0.15) is 10.4 Å². The molecule has 0 atom stereocenters. The molecule has 116 valence electrons. The van der Waals surface area contributed by atoms with Crippen LogP contribution in [0.25, 0.3) is 16.7 Å². The first kappa shape index (κ1) is 14.2. The van der Waals surface area contributed by atoms with Crippen molar-refractivity contribution in [3.8, 4) is 6.07 Å². The van der Waals surface area contributed by atoms with Crippen molar-refractivity contribution in [2.24, 2.45) is 10.2 Å². The number of H-pyrrole nitrogens is 1. The minimum Gasteiger partial charge on any atom is -0.338 e. The van der Waals surface area contributed by atoms with E-state index in [0.717, 1.165) is 28.1 Å². The molecule has 0 aliphatic rings. The average molecular weight is 313 g/mol. The summed E-state index contributed by atoms with van der Waals surface area (Å²) in [6.45, 7) is 3.98. The van der Waals surface area contributed by atoms with Gasteiger partial charge in [0.1, 0.15) is 23.0 Å². The van der Waals surface area contributed by atoms with Gasteiger partial charge in [-0.1, -0.05) is 29.8 Å². The van der Waals surface area contributed by atoms with Crippen LogP contribution in [-0.2, 0) is 0 Å². The Labute approximate surface area is 138 Å². The van der Waals surface area contributed by atoms with E-state index in [1.165, 1.54) is 5.56 Å². The van der Waals surface area contributed by atoms with Gasteiger partial charge >= 0.3 is 0 Å². The third-order valence-corrected chi connectivity index (χ3v) is 4.18. The molecule has 24 heavy (non-hydrogen) atoms. The number of nitrogens with one attached hydrogen (secondary N) is 1. The van der Waals surface area contributed by atoms with E-state index in [-0.39, 0.29) is 0 Å². The molecule has 0 aliphatic heterocycles. The quantitative estimate of drug-likeness (QED) is 0.500. The number of nitrogens with zero attached hydrogens (tertiary/aromatic N) is 4. The number of hydrogen-bond donors (Lipinski definition) is 1. The lowest BCUT2D eigenvalue weighted by molar-refractivity contribution is 1.14. The first-order valence-electron chi connectivity index (χ1n) is 7.69. The second-order valence-corrected chi connectivity index (χ2v) is 5.78. The number of azo groups is 1. The Hall–Kier alpha value is -3.39. The van der Waals surface area contributed by atoms with Crippen molar-refractivity contribution in [2.45, 2.75) is 13.8 Å². The van der Waals surface area contributed by atoms with Crippen LogP contribution < -0.4 is 0 Å². The number of fused-ring (bicyclic) bond motifs is 3. The maximum atomic E-state index is 9.60. The van der Waals surface area contributed by atoms with Crippen LogP contribution >= 0.6 is 0 Å². The van der Waals surface area contributed by atoms with Crippen molar-refractivity contribution in [3.05, 3.63) is 65.4 Å². The average Bonchev–Trinajstić information content (AvgIpc) is 3.09. The van der Waals surface area contributed by atoms with Gasteiger partial charge < -0.3 is 4.98 Å². The van der Waals surface area contributed by atoms with E-state index in [9.17, 15) is 5.26 Å². The summed E-state index contributed by atoms with van der Waals surface area (Å²) in [7, 11) is 0. The summed E-state index contributed by atoms with van der Waals surface area (Å²) in [5.41, 5.74) is 6.74. The molecule has 0 aliphatic carbocycles. The second-order valence-electron chi connectivity index (χ2n) is 5.78. The number of aromatic amines is 1. The fourth-order valence-electron chi connectivity index (χ4n) is 2.95. The zero-order valence-corrected chi connectivity index (χ0v) is 13.4. The van der Waals surface area contributed by atoms with Crippen molar-refractivity contribution < 1.29 is 0 Å². The lowest BCUT2D eigenvalue weighted by Gasteiger charge is -1.97. The third-order valence-electron chi connectivity index (χ3n) is 4.18. The highest BCUT2D eigenvalue weighted by Crippen LogP contribution is 2.34. The summed E-state index contributed by atoms with van der Waals surface area (Å²) < 4.78 is 2.03. The van der Waals surface area contributed by atoms with Gasteiger partial charge in [-0.15, -0.1) is 5.11 Å². The Kier molecular flexibility index (Phi) is 3.17.